The largest absolute Gasteiger partial charge is 0.468 e. The third-order valence-corrected chi connectivity index (χ3v) is 3.64. The molecule has 0 spiro atoms. The van der Waals surface area contributed by atoms with Crippen molar-refractivity contribution in [2.75, 3.05) is 33.3 Å². The molecule has 1 amide bonds. The van der Waals surface area contributed by atoms with Gasteiger partial charge in [0, 0.05) is 19.1 Å². The van der Waals surface area contributed by atoms with E-state index in [-0.39, 0.29) is 24.5 Å². The second-order valence-corrected chi connectivity index (χ2v) is 5.66. The van der Waals surface area contributed by atoms with Crippen molar-refractivity contribution in [1.82, 2.24) is 9.80 Å². The molecule has 1 heterocycles. The van der Waals surface area contributed by atoms with Crippen LogP contribution in [0.3, 0.4) is 0 Å². The lowest BCUT2D eigenvalue weighted by molar-refractivity contribution is -0.143. The minimum Gasteiger partial charge on any atom is -0.468 e. The van der Waals surface area contributed by atoms with Gasteiger partial charge < -0.3 is 9.64 Å². The van der Waals surface area contributed by atoms with Gasteiger partial charge in [-0.2, -0.15) is 0 Å². The molecule has 5 heteroatoms. The molecule has 19 heavy (non-hydrogen) atoms. The lowest BCUT2D eigenvalue weighted by Gasteiger charge is -2.33. The van der Waals surface area contributed by atoms with Crippen molar-refractivity contribution in [1.29, 1.82) is 0 Å². The Morgan fingerprint density at radius 3 is 2.58 bits per heavy atom. The summed E-state index contributed by atoms with van der Waals surface area (Å²) in [6, 6.07) is 0.144. The standard InChI is InChI=1S/C14H26N2O3/c1-11(2)16(10-14(18)19-4)9-13(17)15-7-5-6-12(3)8-15/h11-12H,5-10H2,1-4H3. The number of hydrogen-bond donors (Lipinski definition) is 0. The van der Waals surface area contributed by atoms with Gasteiger partial charge in [0.25, 0.3) is 0 Å². The molecule has 0 aromatic rings. The average molecular weight is 270 g/mol. The minimum absolute atomic E-state index is 0.115. The molecular weight excluding hydrogens is 244 g/mol. The van der Waals surface area contributed by atoms with Crippen molar-refractivity contribution in [2.45, 2.75) is 39.7 Å². The second-order valence-electron chi connectivity index (χ2n) is 5.66. The molecule has 1 atom stereocenters. The summed E-state index contributed by atoms with van der Waals surface area (Å²) in [6.07, 6.45) is 2.27. The number of nitrogens with zero attached hydrogens (tertiary/aromatic N) is 2. The van der Waals surface area contributed by atoms with Crippen molar-refractivity contribution in [3.8, 4) is 0 Å². The maximum atomic E-state index is 12.3. The first-order valence-electron chi connectivity index (χ1n) is 7.02. The number of esters is 1. The van der Waals surface area contributed by atoms with Gasteiger partial charge in [-0.3, -0.25) is 14.5 Å². The fourth-order valence-electron chi connectivity index (χ4n) is 2.34. The Hall–Kier alpha value is -1.10. The first-order valence-corrected chi connectivity index (χ1v) is 7.02. The number of methoxy groups -OCH3 is 1. The molecule has 0 N–H and O–H groups in total. The van der Waals surface area contributed by atoms with Crippen molar-refractivity contribution in [3.63, 3.8) is 0 Å². The SMILES string of the molecule is COC(=O)CN(CC(=O)N1CCCC(C)C1)C(C)C. The van der Waals surface area contributed by atoms with Gasteiger partial charge in [-0.25, -0.2) is 0 Å². The van der Waals surface area contributed by atoms with Gasteiger partial charge >= 0.3 is 5.97 Å². The lowest BCUT2D eigenvalue weighted by atomic mass is 10.0. The number of amides is 1. The zero-order valence-electron chi connectivity index (χ0n) is 12.5. The predicted octanol–water partition coefficient (Wildman–Crippen LogP) is 1.13. The Balaban J connectivity index is 2.53. The molecule has 0 radical (unpaired) electrons. The summed E-state index contributed by atoms with van der Waals surface area (Å²) < 4.78 is 4.67. The van der Waals surface area contributed by atoms with Gasteiger partial charge in [-0.05, 0) is 32.6 Å². The van der Waals surface area contributed by atoms with Gasteiger partial charge in [0.15, 0.2) is 0 Å². The molecule has 0 aliphatic carbocycles. The third kappa shape index (κ3) is 5.19. The molecular formula is C14H26N2O3. The first kappa shape index (κ1) is 16.0. The minimum atomic E-state index is -0.298. The van der Waals surface area contributed by atoms with E-state index in [1.807, 2.05) is 23.6 Å². The van der Waals surface area contributed by atoms with E-state index < -0.39 is 0 Å². The highest BCUT2D eigenvalue weighted by Crippen LogP contribution is 2.15. The molecule has 0 aromatic heterocycles. The van der Waals surface area contributed by atoms with E-state index >= 15 is 0 Å². The van der Waals surface area contributed by atoms with Crippen molar-refractivity contribution >= 4 is 11.9 Å². The van der Waals surface area contributed by atoms with Crippen LogP contribution in [0.5, 0.6) is 0 Å². The molecule has 1 unspecified atom stereocenters. The molecule has 1 aliphatic rings. The average Bonchev–Trinajstić information content (AvgIpc) is 2.37. The van der Waals surface area contributed by atoms with E-state index in [0.717, 1.165) is 19.5 Å². The summed E-state index contributed by atoms with van der Waals surface area (Å²) in [5.41, 5.74) is 0. The van der Waals surface area contributed by atoms with Crippen LogP contribution in [0.25, 0.3) is 0 Å². The number of piperidine rings is 1. The maximum absolute atomic E-state index is 12.3. The fraction of sp³-hybridized carbons (Fsp3) is 0.857. The molecule has 0 saturated carbocycles. The van der Waals surface area contributed by atoms with Crippen LogP contribution >= 0.6 is 0 Å². The number of carbonyl (C=O) groups excluding carboxylic acids is 2. The first-order chi connectivity index (χ1) is 8.93. The highest BCUT2D eigenvalue weighted by molar-refractivity contribution is 5.79. The summed E-state index contributed by atoms with van der Waals surface area (Å²) in [5, 5.41) is 0. The topological polar surface area (TPSA) is 49.9 Å². The quantitative estimate of drug-likeness (QED) is 0.703. The van der Waals surface area contributed by atoms with Gasteiger partial charge in [0.1, 0.15) is 0 Å². The molecule has 0 aromatic carbocycles. The van der Waals surface area contributed by atoms with Gasteiger partial charge in [0.05, 0.1) is 20.2 Å². The van der Waals surface area contributed by atoms with E-state index in [0.29, 0.717) is 12.5 Å². The molecule has 5 nitrogen and oxygen atoms in total. The Morgan fingerprint density at radius 1 is 1.37 bits per heavy atom. The molecule has 1 aliphatic heterocycles. The zero-order valence-corrected chi connectivity index (χ0v) is 12.5. The van der Waals surface area contributed by atoms with Crippen LogP contribution in [0.1, 0.15) is 33.6 Å². The number of hydrogen-bond acceptors (Lipinski definition) is 4. The monoisotopic (exact) mass is 270 g/mol. The molecule has 1 saturated heterocycles. The Bertz CT molecular complexity index is 318. The van der Waals surface area contributed by atoms with Gasteiger partial charge in [-0.15, -0.1) is 0 Å². The van der Waals surface area contributed by atoms with E-state index in [9.17, 15) is 9.59 Å². The number of likely N-dealkylation sites (tertiary alicyclic amines) is 1. The maximum Gasteiger partial charge on any atom is 0.319 e. The van der Waals surface area contributed by atoms with Crippen molar-refractivity contribution in [2.24, 2.45) is 5.92 Å². The zero-order chi connectivity index (χ0) is 14.4. The van der Waals surface area contributed by atoms with E-state index in [1.54, 1.807) is 0 Å². The normalized spacial score (nSPS) is 19.9. The smallest absolute Gasteiger partial charge is 0.319 e. The van der Waals surface area contributed by atoms with Crippen LogP contribution in [0.4, 0.5) is 0 Å². The van der Waals surface area contributed by atoms with Crippen molar-refractivity contribution < 1.29 is 14.3 Å². The Kier molecular flexibility index (Phi) is 6.28. The van der Waals surface area contributed by atoms with E-state index in [4.69, 9.17) is 0 Å². The molecule has 110 valence electrons. The van der Waals surface area contributed by atoms with Gasteiger partial charge in [-0.1, -0.05) is 6.92 Å². The van der Waals surface area contributed by atoms with E-state index in [1.165, 1.54) is 13.5 Å². The Morgan fingerprint density at radius 2 is 2.05 bits per heavy atom. The van der Waals surface area contributed by atoms with Crippen LogP contribution in [-0.4, -0.2) is 61.0 Å². The highest BCUT2D eigenvalue weighted by Gasteiger charge is 2.24. The number of ether oxygens (including phenoxy) is 1. The summed E-state index contributed by atoms with van der Waals surface area (Å²) in [5.74, 6) is 0.392. The lowest BCUT2D eigenvalue weighted by Crippen LogP contribution is -2.47. The van der Waals surface area contributed by atoms with Crippen LogP contribution < -0.4 is 0 Å². The third-order valence-electron chi connectivity index (χ3n) is 3.64. The highest BCUT2D eigenvalue weighted by atomic mass is 16.5. The predicted molar refractivity (Wildman–Crippen MR) is 73.7 cm³/mol. The summed E-state index contributed by atoms with van der Waals surface area (Å²) >= 11 is 0. The molecule has 1 rings (SSSR count). The van der Waals surface area contributed by atoms with Crippen LogP contribution in [0.2, 0.25) is 0 Å². The van der Waals surface area contributed by atoms with Crippen LogP contribution in [0.15, 0.2) is 0 Å². The summed E-state index contributed by atoms with van der Waals surface area (Å²) in [7, 11) is 1.37. The fourth-order valence-corrected chi connectivity index (χ4v) is 2.34. The van der Waals surface area contributed by atoms with Gasteiger partial charge in [0.2, 0.25) is 5.91 Å². The second kappa shape index (κ2) is 7.48. The molecule has 1 fully saturated rings. The summed E-state index contributed by atoms with van der Waals surface area (Å²) in [6.45, 7) is 8.28. The van der Waals surface area contributed by atoms with Crippen LogP contribution in [0, 0.1) is 5.92 Å². The van der Waals surface area contributed by atoms with E-state index in [2.05, 4.69) is 11.7 Å². The van der Waals surface area contributed by atoms with Crippen molar-refractivity contribution in [3.05, 3.63) is 0 Å². The number of carbonyl (C=O) groups is 2. The Labute approximate surface area is 115 Å². The number of rotatable bonds is 5. The van der Waals surface area contributed by atoms with Crippen LogP contribution in [-0.2, 0) is 14.3 Å². The molecule has 0 bridgehead atoms. The summed E-state index contributed by atoms with van der Waals surface area (Å²) in [4.78, 5) is 27.4.